The van der Waals surface area contributed by atoms with Crippen LogP contribution in [-0.2, 0) is 9.59 Å². The lowest BCUT2D eigenvalue weighted by Gasteiger charge is -2.35. The third-order valence-electron chi connectivity index (χ3n) is 8.83. The number of hydrogen-bond donors (Lipinski definition) is 2. The molecule has 2 aromatic heterocycles. The Balaban J connectivity index is 0.923. The highest BCUT2D eigenvalue weighted by Gasteiger charge is 2.44. The molecule has 3 aliphatic rings. The maximum absolute atomic E-state index is 13.9. The zero-order valence-corrected chi connectivity index (χ0v) is 24.1. The summed E-state index contributed by atoms with van der Waals surface area (Å²) >= 11 is 0. The molecule has 1 aliphatic carbocycles. The number of anilines is 1. The molecule has 1 atom stereocenters. The van der Waals surface area contributed by atoms with E-state index in [-0.39, 0.29) is 35.7 Å². The van der Waals surface area contributed by atoms with Crippen LogP contribution < -0.4 is 10.6 Å². The number of carbonyl (C=O) groups excluding carboxylic acids is 4. The Labute approximate surface area is 256 Å². The SMILES string of the molecule is O=C1CCC(N2C(=O)c3ccc(NCCC[C@H]4C[C@H](n5cc(-c6cnc7ccccc7n6)c(C(F)F)n5)C4)cc3C2=O)C(=O)N1. The van der Waals surface area contributed by atoms with Gasteiger partial charge in [-0.2, -0.15) is 5.10 Å². The number of para-hydroxylation sites is 2. The van der Waals surface area contributed by atoms with Crippen LogP contribution in [0.25, 0.3) is 22.3 Å². The standard InChI is InChI=1S/C32H29F2N7O4/c33-29(34)28-22(25-15-36-23-5-1-2-6-24(23)37-25)16-40(39-28)19-12-17(13-19)4-3-11-35-18-7-8-20-21(14-18)32(45)41(31(20)44)26-9-10-27(42)38-30(26)43/h1-2,5-8,14-17,19,26,29,35H,3-4,9-13H2,(H,38,42,43)/t17-,19-,26?. The van der Waals surface area contributed by atoms with Crippen LogP contribution in [0.1, 0.15) is 77.4 Å². The van der Waals surface area contributed by atoms with E-state index in [0.717, 1.165) is 30.6 Å². The van der Waals surface area contributed by atoms with Gasteiger partial charge in [0.05, 0.1) is 40.1 Å². The fraction of sp³-hybridized carbons (Fsp3) is 0.344. The summed E-state index contributed by atoms with van der Waals surface area (Å²) in [6, 6.07) is 11.3. The van der Waals surface area contributed by atoms with Crippen LogP contribution in [0.5, 0.6) is 0 Å². The Morgan fingerprint density at radius 3 is 2.53 bits per heavy atom. The Hall–Kier alpha value is -5.07. The van der Waals surface area contributed by atoms with E-state index >= 15 is 0 Å². The van der Waals surface area contributed by atoms with Gasteiger partial charge in [-0.15, -0.1) is 0 Å². The first-order valence-electron chi connectivity index (χ1n) is 15.0. The molecule has 1 unspecified atom stereocenters. The first-order valence-corrected chi connectivity index (χ1v) is 15.0. The Bertz CT molecular complexity index is 1850. The minimum atomic E-state index is -2.73. The molecule has 0 bridgehead atoms. The van der Waals surface area contributed by atoms with E-state index in [2.05, 4.69) is 25.7 Å². The van der Waals surface area contributed by atoms with Crippen molar-refractivity contribution in [2.75, 3.05) is 11.9 Å². The predicted octanol–water partition coefficient (Wildman–Crippen LogP) is 4.68. The molecule has 4 aromatic rings. The summed E-state index contributed by atoms with van der Waals surface area (Å²) in [7, 11) is 0. The van der Waals surface area contributed by atoms with Crippen molar-refractivity contribution in [3.8, 4) is 11.3 Å². The molecule has 11 nitrogen and oxygen atoms in total. The molecule has 4 amide bonds. The van der Waals surface area contributed by atoms with Gasteiger partial charge in [-0.25, -0.2) is 13.8 Å². The predicted molar refractivity (Wildman–Crippen MR) is 158 cm³/mol. The largest absolute Gasteiger partial charge is 0.385 e. The summed E-state index contributed by atoms with van der Waals surface area (Å²) in [5, 5.41) is 9.73. The first-order chi connectivity index (χ1) is 21.8. The molecule has 7 rings (SSSR count). The normalized spacial score (nSPS) is 21.3. The molecule has 45 heavy (non-hydrogen) atoms. The highest BCUT2D eigenvalue weighted by atomic mass is 19.3. The molecular formula is C32H29F2N7O4. The van der Waals surface area contributed by atoms with Crippen molar-refractivity contribution in [2.45, 2.75) is 57.0 Å². The number of aromatic nitrogens is 4. The van der Waals surface area contributed by atoms with Gasteiger partial charge < -0.3 is 5.32 Å². The van der Waals surface area contributed by atoms with Crippen LogP contribution in [0, 0.1) is 5.92 Å². The smallest absolute Gasteiger partial charge is 0.282 e. The Morgan fingerprint density at radius 1 is 0.978 bits per heavy atom. The summed E-state index contributed by atoms with van der Waals surface area (Å²) in [4.78, 5) is 59.5. The maximum atomic E-state index is 13.9. The van der Waals surface area contributed by atoms with Gasteiger partial charge in [-0.05, 0) is 68.4 Å². The third-order valence-corrected chi connectivity index (χ3v) is 8.83. The summed E-state index contributed by atoms with van der Waals surface area (Å²) in [6.45, 7) is 0.640. The number of rotatable bonds is 9. The van der Waals surface area contributed by atoms with E-state index in [9.17, 15) is 28.0 Å². The Morgan fingerprint density at radius 2 is 1.76 bits per heavy atom. The minimum Gasteiger partial charge on any atom is -0.385 e. The number of imide groups is 2. The lowest BCUT2D eigenvalue weighted by atomic mass is 9.77. The first kappa shape index (κ1) is 28.7. The van der Waals surface area contributed by atoms with Crippen molar-refractivity contribution in [1.82, 2.24) is 30.0 Å². The number of alkyl halides is 2. The second kappa shape index (κ2) is 11.5. The van der Waals surface area contributed by atoms with Gasteiger partial charge in [0.25, 0.3) is 18.2 Å². The van der Waals surface area contributed by atoms with Crippen molar-refractivity contribution < 1.29 is 28.0 Å². The van der Waals surface area contributed by atoms with Crippen LogP contribution in [0.2, 0.25) is 0 Å². The molecular weight excluding hydrogens is 584 g/mol. The van der Waals surface area contributed by atoms with Crippen LogP contribution in [-0.4, -0.2) is 60.9 Å². The fourth-order valence-electron chi connectivity index (χ4n) is 6.39. The number of nitrogens with one attached hydrogen (secondary N) is 2. The second-order valence-electron chi connectivity index (χ2n) is 11.7. The fourth-order valence-corrected chi connectivity index (χ4v) is 6.39. The van der Waals surface area contributed by atoms with Gasteiger partial charge in [0, 0.05) is 30.4 Å². The van der Waals surface area contributed by atoms with E-state index in [1.807, 2.05) is 18.2 Å². The van der Waals surface area contributed by atoms with Gasteiger partial charge in [0.15, 0.2) is 0 Å². The average molecular weight is 614 g/mol. The van der Waals surface area contributed by atoms with E-state index in [0.29, 0.717) is 40.4 Å². The number of piperidine rings is 1. The van der Waals surface area contributed by atoms with Gasteiger partial charge in [-0.3, -0.25) is 39.1 Å². The molecule has 2 aliphatic heterocycles. The molecule has 0 spiro atoms. The molecule has 0 radical (unpaired) electrons. The molecule has 2 N–H and O–H groups in total. The van der Waals surface area contributed by atoms with E-state index < -0.39 is 36.1 Å². The summed E-state index contributed by atoms with van der Waals surface area (Å²) in [6.07, 6.45) is 4.06. The highest BCUT2D eigenvalue weighted by molar-refractivity contribution is 6.23. The molecule has 230 valence electrons. The monoisotopic (exact) mass is 613 g/mol. The van der Waals surface area contributed by atoms with E-state index in [4.69, 9.17) is 0 Å². The van der Waals surface area contributed by atoms with E-state index in [1.54, 1.807) is 35.1 Å². The van der Waals surface area contributed by atoms with Crippen molar-refractivity contribution >= 4 is 40.3 Å². The lowest BCUT2D eigenvalue weighted by molar-refractivity contribution is -0.136. The van der Waals surface area contributed by atoms with Crippen molar-refractivity contribution in [3.05, 3.63) is 71.7 Å². The summed E-state index contributed by atoms with van der Waals surface area (Å²) < 4.78 is 29.4. The number of fused-ring (bicyclic) bond motifs is 2. The molecule has 2 aromatic carbocycles. The van der Waals surface area contributed by atoms with Gasteiger partial charge in [0.1, 0.15) is 11.7 Å². The van der Waals surface area contributed by atoms with E-state index in [1.165, 1.54) is 6.20 Å². The molecule has 1 saturated heterocycles. The zero-order valence-electron chi connectivity index (χ0n) is 24.1. The number of benzene rings is 2. The molecule has 2 fully saturated rings. The van der Waals surface area contributed by atoms with Crippen LogP contribution >= 0.6 is 0 Å². The quantitative estimate of drug-likeness (QED) is 0.205. The molecule has 4 heterocycles. The summed E-state index contributed by atoms with van der Waals surface area (Å²) in [5.41, 5.74) is 2.86. The van der Waals surface area contributed by atoms with Gasteiger partial charge >= 0.3 is 0 Å². The number of amides is 4. The number of hydrogen-bond acceptors (Lipinski definition) is 8. The zero-order chi connectivity index (χ0) is 31.2. The topological polar surface area (TPSA) is 139 Å². The van der Waals surface area contributed by atoms with Crippen molar-refractivity contribution in [2.24, 2.45) is 5.92 Å². The molecule has 1 saturated carbocycles. The average Bonchev–Trinajstić information content (AvgIpc) is 3.55. The maximum Gasteiger partial charge on any atom is 0.282 e. The Kier molecular flexibility index (Phi) is 7.30. The molecule has 13 heteroatoms. The van der Waals surface area contributed by atoms with Gasteiger partial charge in [-0.1, -0.05) is 12.1 Å². The van der Waals surface area contributed by atoms with Crippen LogP contribution in [0.4, 0.5) is 14.5 Å². The van der Waals surface area contributed by atoms with Gasteiger partial charge in [0.2, 0.25) is 11.8 Å². The van der Waals surface area contributed by atoms with Crippen molar-refractivity contribution in [3.63, 3.8) is 0 Å². The summed E-state index contributed by atoms with van der Waals surface area (Å²) in [5.74, 6) is -1.70. The van der Waals surface area contributed by atoms with Crippen LogP contribution in [0.15, 0.2) is 54.9 Å². The third kappa shape index (κ3) is 5.32. The second-order valence-corrected chi connectivity index (χ2v) is 11.7. The van der Waals surface area contributed by atoms with Crippen LogP contribution in [0.3, 0.4) is 0 Å². The number of halogens is 2. The number of nitrogens with zero attached hydrogens (tertiary/aromatic N) is 5. The highest BCUT2D eigenvalue weighted by Crippen LogP contribution is 2.42. The lowest BCUT2D eigenvalue weighted by Crippen LogP contribution is -2.54. The number of carbonyl (C=O) groups is 4. The van der Waals surface area contributed by atoms with Crippen molar-refractivity contribution in [1.29, 1.82) is 0 Å². The minimum absolute atomic E-state index is 0.0372.